The summed E-state index contributed by atoms with van der Waals surface area (Å²) in [5.41, 5.74) is 0.579. The molecule has 0 radical (unpaired) electrons. The predicted molar refractivity (Wildman–Crippen MR) is 68.8 cm³/mol. The van der Waals surface area contributed by atoms with E-state index in [1.165, 1.54) is 0 Å². The summed E-state index contributed by atoms with van der Waals surface area (Å²) in [6.07, 6.45) is 0. The fourth-order valence-electron chi connectivity index (χ4n) is 1.59. The normalized spacial score (nSPS) is 10.4. The van der Waals surface area contributed by atoms with Gasteiger partial charge in [-0.25, -0.2) is 9.18 Å². The minimum Gasteiger partial charge on any atom is -0.478 e. The van der Waals surface area contributed by atoms with Crippen molar-refractivity contribution in [3.8, 4) is 11.1 Å². The Bertz CT molecular complexity index is 626. The highest BCUT2D eigenvalue weighted by atomic mass is 35.5. The second-order valence-corrected chi connectivity index (χ2v) is 4.47. The zero-order valence-electron chi connectivity index (χ0n) is 8.95. The smallest absolute Gasteiger partial charge is 0.338 e. The van der Waals surface area contributed by atoms with E-state index in [-0.39, 0.29) is 5.02 Å². The zero-order chi connectivity index (χ0) is 13.3. The monoisotopic (exact) mass is 284 g/mol. The summed E-state index contributed by atoms with van der Waals surface area (Å²) in [6, 6.07) is 8.92. The van der Waals surface area contributed by atoms with E-state index in [1.54, 1.807) is 24.3 Å². The first-order chi connectivity index (χ1) is 8.49. The molecule has 2 aromatic carbocycles. The molecule has 2 aromatic rings. The molecule has 0 aliphatic rings. The summed E-state index contributed by atoms with van der Waals surface area (Å²) in [5, 5.41) is 9.43. The third-order valence-electron chi connectivity index (χ3n) is 2.42. The molecule has 92 valence electrons. The van der Waals surface area contributed by atoms with Gasteiger partial charge in [0.15, 0.2) is 0 Å². The largest absolute Gasteiger partial charge is 0.478 e. The highest BCUT2D eigenvalue weighted by molar-refractivity contribution is 6.34. The Morgan fingerprint density at radius 1 is 1.17 bits per heavy atom. The lowest BCUT2D eigenvalue weighted by Gasteiger charge is -2.07. The van der Waals surface area contributed by atoms with Crippen molar-refractivity contribution in [1.29, 1.82) is 0 Å². The number of aromatic carboxylic acids is 1. The molecule has 18 heavy (non-hydrogen) atoms. The van der Waals surface area contributed by atoms with Gasteiger partial charge in [-0.15, -0.1) is 0 Å². The van der Waals surface area contributed by atoms with Crippen LogP contribution in [0.25, 0.3) is 11.1 Å². The molecule has 0 atom stereocenters. The lowest BCUT2D eigenvalue weighted by molar-refractivity contribution is 0.0692. The molecular weight excluding hydrogens is 278 g/mol. The molecule has 0 aliphatic heterocycles. The lowest BCUT2D eigenvalue weighted by atomic mass is 10.0. The number of halogens is 3. The van der Waals surface area contributed by atoms with Crippen molar-refractivity contribution in [3.05, 3.63) is 57.8 Å². The van der Waals surface area contributed by atoms with Crippen LogP contribution in [-0.2, 0) is 0 Å². The first-order valence-corrected chi connectivity index (χ1v) is 5.73. The molecule has 1 N–H and O–H groups in total. The molecule has 0 amide bonds. The second-order valence-electron chi connectivity index (χ2n) is 3.63. The lowest BCUT2D eigenvalue weighted by Crippen LogP contribution is -2.01. The maximum atomic E-state index is 13.6. The van der Waals surface area contributed by atoms with Crippen LogP contribution in [0.4, 0.5) is 4.39 Å². The Hall–Kier alpha value is -1.58. The maximum absolute atomic E-state index is 13.6. The molecule has 0 fully saturated rings. The molecule has 5 heteroatoms. The number of carboxylic acid groups (broad SMARTS) is 1. The van der Waals surface area contributed by atoms with E-state index in [2.05, 4.69) is 0 Å². The van der Waals surface area contributed by atoms with Gasteiger partial charge in [-0.05, 0) is 29.8 Å². The topological polar surface area (TPSA) is 37.3 Å². The molecule has 0 heterocycles. The van der Waals surface area contributed by atoms with Crippen LogP contribution in [-0.4, -0.2) is 11.1 Å². The van der Waals surface area contributed by atoms with Crippen LogP contribution in [0.2, 0.25) is 10.0 Å². The number of carbonyl (C=O) groups is 1. The van der Waals surface area contributed by atoms with Crippen molar-refractivity contribution in [2.45, 2.75) is 0 Å². The van der Waals surface area contributed by atoms with Gasteiger partial charge in [0.2, 0.25) is 0 Å². The number of rotatable bonds is 2. The van der Waals surface area contributed by atoms with Crippen molar-refractivity contribution in [2.75, 3.05) is 0 Å². The highest BCUT2D eigenvalue weighted by Crippen LogP contribution is 2.31. The standard InChI is InChI=1S/C13H7Cl2FO2/c14-8-3-1-2-7(4-8)9-6-12(16)10(13(17)18)5-11(9)15/h1-6H,(H,17,18). The summed E-state index contributed by atoms with van der Waals surface area (Å²) < 4.78 is 13.6. The van der Waals surface area contributed by atoms with Crippen LogP contribution in [0.5, 0.6) is 0 Å². The average molecular weight is 285 g/mol. The van der Waals surface area contributed by atoms with Gasteiger partial charge in [-0.2, -0.15) is 0 Å². The number of benzene rings is 2. The Morgan fingerprint density at radius 2 is 1.89 bits per heavy atom. The third-order valence-corrected chi connectivity index (χ3v) is 2.97. The van der Waals surface area contributed by atoms with Crippen LogP contribution < -0.4 is 0 Å². The number of carboxylic acids is 1. The molecule has 0 saturated heterocycles. The fraction of sp³-hybridized carbons (Fsp3) is 0. The minimum absolute atomic E-state index is 0.163. The van der Waals surface area contributed by atoms with Gasteiger partial charge in [-0.3, -0.25) is 0 Å². The van der Waals surface area contributed by atoms with E-state index in [0.29, 0.717) is 16.1 Å². The van der Waals surface area contributed by atoms with E-state index in [4.69, 9.17) is 28.3 Å². The van der Waals surface area contributed by atoms with Gasteiger partial charge in [0, 0.05) is 15.6 Å². The molecule has 0 aromatic heterocycles. The Labute approximate surface area is 113 Å². The quantitative estimate of drug-likeness (QED) is 0.882. The first-order valence-electron chi connectivity index (χ1n) is 4.97. The highest BCUT2D eigenvalue weighted by Gasteiger charge is 2.15. The van der Waals surface area contributed by atoms with Crippen LogP contribution in [0.3, 0.4) is 0 Å². The number of hydrogen-bond acceptors (Lipinski definition) is 1. The average Bonchev–Trinajstić information content (AvgIpc) is 2.31. The van der Waals surface area contributed by atoms with Gasteiger partial charge in [-0.1, -0.05) is 35.3 Å². The molecule has 0 spiro atoms. The molecular formula is C13H7Cl2FO2. The minimum atomic E-state index is -1.35. The molecule has 2 nitrogen and oxygen atoms in total. The maximum Gasteiger partial charge on any atom is 0.338 e. The van der Waals surface area contributed by atoms with Gasteiger partial charge < -0.3 is 5.11 Å². The van der Waals surface area contributed by atoms with E-state index in [9.17, 15) is 9.18 Å². The van der Waals surface area contributed by atoms with Crippen LogP contribution in [0, 0.1) is 5.82 Å². The molecule has 0 unspecified atom stereocenters. The van der Waals surface area contributed by atoms with Gasteiger partial charge in [0.05, 0.1) is 5.56 Å². The summed E-state index contributed by atoms with van der Waals surface area (Å²) in [6.45, 7) is 0. The van der Waals surface area contributed by atoms with E-state index in [0.717, 1.165) is 12.1 Å². The summed E-state index contributed by atoms with van der Waals surface area (Å²) in [7, 11) is 0. The summed E-state index contributed by atoms with van der Waals surface area (Å²) in [4.78, 5) is 10.8. The van der Waals surface area contributed by atoms with Crippen LogP contribution in [0.15, 0.2) is 36.4 Å². The third kappa shape index (κ3) is 2.47. The summed E-state index contributed by atoms with van der Waals surface area (Å²) in [5.74, 6) is -2.19. The SMILES string of the molecule is O=C(O)c1cc(Cl)c(-c2cccc(Cl)c2)cc1F. The Kier molecular flexibility index (Phi) is 3.55. The first kappa shape index (κ1) is 12.9. The van der Waals surface area contributed by atoms with Crippen LogP contribution >= 0.6 is 23.2 Å². The van der Waals surface area contributed by atoms with Crippen molar-refractivity contribution >= 4 is 29.2 Å². The van der Waals surface area contributed by atoms with Crippen LogP contribution in [0.1, 0.15) is 10.4 Å². The summed E-state index contributed by atoms with van der Waals surface area (Å²) >= 11 is 11.8. The van der Waals surface area contributed by atoms with Gasteiger partial charge in [0.25, 0.3) is 0 Å². The predicted octanol–water partition coefficient (Wildman–Crippen LogP) is 4.50. The van der Waals surface area contributed by atoms with Crippen molar-refractivity contribution in [2.24, 2.45) is 0 Å². The number of hydrogen-bond donors (Lipinski definition) is 1. The zero-order valence-corrected chi connectivity index (χ0v) is 10.5. The molecule has 0 saturated carbocycles. The van der Waals surface area contributed by atoms with Crippen molar-refractivity contribution in [1.82, 2.24) is 0 Å². The van der Waals surface area contributed by atoms with E-state index < -0.39 is 17.3 Å². The molecule has 0 aliphatic carbocycles. The Morgan fingerprint density at radius 3 is 2.50 bits per heavy atom. The van der Waals surface area contributed by atoms with Crippen molar-refractivity contribution in [3.63, 3.8) is 0 Å². The van der Waals surface area contributed by atoms with Gasteiger partial charge >= 0.3 is 5.97 Å². The van der Waals surface area contributed by atoms with Gasteiger partial charge in [0.1, 0.15) is 5.82 Å². The molecule has 0 bridgehead atoms. The fourth-order valence-corrected chi connectivity index (χ4v) is 2.05. The van der Waals surface area contributed by atoms with Crippen molar-refractivity contribution < 1.29 is 14.3 Å². The van der Waals surface area contributed by atoms with E-state index in [1.807, 2.05) is 0 Å². The Balaban J connectivity index is 2.60. The molecule has 2 rings (SSSR count). The second kappa shape index (κ2) is 4.96. The van der Waals surface area contributed by atoms with E-state index >= 15 is 0 Å².